The minimum atomic E-state index is 0.0659. The highest BCUT2D eigenvalue weighted by Crippen LogP contribution is 2.32. The maximum atomic E-state index is 13.4. The molecule has 6 nitrogen and oxygen atoms in total. The highest BCUT2D eigenvalue weighted by Gasteiger charge is 2.26. The van der Waals surface area contributed by atoms with Crippen LogP contribution in [0.25, 0.3) is 22.1 Å². The van der Waals surface area contributed by atoms with Crippen LogP contribution in [0.15, 0.2) is 23.3 Å². The van der Waals surface area contributed by atoms with Crippen LogP contribution < -0.4 is 10.9 Å². The Morgan fingerprint density at radius 1 is 1.30 bits per heavy atom. The van der Waals surface area contributed by atoms with Crippen LogP contribution >= 0.6 is 0 Å². The topological polar surface area (TPSA) is 75.6 Å². The van der Waals surface area contributed by atoms with Crippen LogP contribution in [-0.4, -0.2) is 32.1 Å². The van der Waals surface area contributed by atoms with Crippen molar-refractivity contribution in [1.29, 1.82) is 0 Å². The van der Waals surface area contributed by atoms with Gasteiger partial charge in [-0.05, 0) is 44.7 Å². The molecular weight excluding hydrogens is 338 g/mol. The smallest absolute Gasteiger partial charge is 0.273 e. The lowest BCUT2D eigenvalue weighted by atomic mass is 9.90. The van der Waals surface area contributed by atoms with E-state index in [1.54, 1.807) is 6.20 Å². The normalized spacial score (nSPS) is 20.7. The lowest BCUT2D eigenvalue weighted by Gasteiger charge is -2.31. The van der Waals surface area contributed by atoms with Gasteiger partial charge in [-0.3, -0.25) is 4.79 Å². The Morgan fingerprint density at radius 2 is 2.07 bits per heavy atom. The molecule has 0 radical (unpaired) electrons. The van der Waals surface area contributed by atoms with Gasteiger partial charge >= 0.3 is 0 Å². The maximum absolute atomic E-state index is 13.4. The minimum absolute atomic E-state index is 0.0659. The number of nitrogens with one attached hydrogen (secondary N) is 2. The summed E-state index contributed by atoms with van der Waals surface area (Å²) in [6.07, 6.45) is 9.10. The van der Waals surface area contributed by atoms with Gasteiger partial charge < -0.3 is 14.9 Å². The average Bonchev–Trinajstić information content (AvgIpc) is 3.15. The van der Waals surface area contributed by atoms with Gasteiger partial charge in [0.25, 0.3) is 5.56 Å². The molecule has 27 heavy (non-hydrogen) atoms. The molecular formula is C21H29N5O. The van der Waals surface area contributed by atoms with Crippen molar-refractivity contribution in [2.45, 2.75) is 70.9 Å². The molecule has 3 heterocycles. The SMILES string of the molecule is CCCNC1CCC(n2c(=O)c(C(C)C)nc3cnc4[nH]ccc4c32)CC1. The van der Waals surface area contributed by atoms with Crippen molar-refractivity contribution in [3.05, 3.63) is 34.5 Å². The van der Waals surface area contributed by atoms with Crippen LogP contribution in [-0.2, 0) is 0 Å². The highest BCUT2D eigenvalue weighted by molar-refractivity contribution is 6.00. The molecule has 0 bridgehead atoms. The third-order valence-electron chi connectivity index (χ3n) is 5.75. The molecule has 6 heteroatoms. The number of aromatic nitrogens is 4. The quantitative estimate of drug-likeness (QED) is 0.717. The van der Waals surface area contributed by atoms with E-state index in [9.17, 15) is 4.79 Å². The van der Waals surface area contributed by atoms with Crippen LogP contribution in [0, 0.1) is 0 Å². The fourth-order valence-electron chi connectivity index (χ4n) is 4.33. The molecule has 144 valence electrons. The van der Waals surface area contributed by atoms with Crippen molar-refractivity contribution in [3.8, 4) is 0 Å². The summed E-state index contributed by atoms with van der Waals surface area (Å²) in [4.78, 5) is 25.7. The first kappa shape index (κ1) is 18.2. The standard InChI is InChI=1S/C21H29N5O/c1-4-10-22-14-5-7-15(8-6-14)26-19-16-9-11-23-20(16)24-12-17(19)25-18(13(2)3)21(26)27/h9,11-15,22H,4-8,10H2,1-3H3,(H,23,24). The molecule has 0 spiro atoms. The molecule has 1 fully saturated rings. The van der Waals surface area contributed by atoms with Gasteiger partial charge in [-0.2, -0.15) is 0 Å². The predicted octanol–water partition coefficient (Wildman–Crippen LogP) is 3.88. The molecule has 2 N–H and O–H groups in total. The van der Waals surface area contributed by atoms with E-state index in [1.807, 2.05) is 30.7 Å². The van der Waals surface area contributed by atoms with Crippen LogP contribution in [0.5, 0.6) is 0 Å². The Hall–Kier alpha value is -2.21. The average molecular weight is 367 g/mol. The summed E-state index contributed by atoms with van der Waals surface area (Å²) in [5.41, 5.74) is 3.27. The zero-order valence-corrected chi connectivity index (χ0v) is 16.5. The summed E-state index contributed by atoms with van der Waals surface area (Å²) in [7, 11) is 0. The molecule has 0 atom stereocenters. The number of H-pyrrole nitrogens is 1. The molecule has 1 aliphatic carbocycles. The predicted molar refractivity (Wildman–Crippen MR) is 109 cm³/mol. The number of fused-ring (bicyclic) bond motifs is 3. The van der Waals surface area contributed by atoms with Crippen molar-refractivity contribution >= 4 is 22.1 Å². The van der Waals surface area contributed by atoms with Crippen LogP contribution in [0.3, 0.4) is 0 Å². The Balaban J connectivity index is 1.82. The lowest BCUT2D eigenvalue weighted by Crippen LogP contribution is -2.37. The van der Waals surface area contributed by atoms with Gasteiger partial charge in [0.15, 0.2) is 0 Å². The van der Waals surface area contributed by atoms with Crippen LogP contribution in [0.2, 0.25) is 0 Å². The van der Waals surface area contributed by atoms with Crippen molar-refractivity contribution in [3.63, 3.8) is 0 Å². The second kappa shape index (κ2) is 7.43. The summed E-state index contributed by atoms with van der Waals surface area (Å²) < 4.78 is 2.03. The van der Waals surface area contributed by atoms with E-state index >= 15 is 0 Å². The first-order valence-electron chi connectivity index (χ1n) is 10.2. The summed E-state index contributed by atoms with van der Waals surface area (Å²) >= 11 is 0. The fourth-order valence-corrected chi connectivity index (χ4v) is 4.33. The van der Waals surface area contributed by atoms with Gasteiger partial charge in [0, 0.05) is 29.6 Å². The minimum Gasteiger partial charge on any atom is -0.346 e. The maximum Gasteiger partial charge on any atom is 0.273 e. The lowest BCUT2D eigenvalue weighted by molar-refractivity contribution is 0.291. The van der Waals surface area contributed by atoms with Crippen molar-refractivity contribution in [1.82, 2.24) is 24.8 Å². The molecule has 1 aliphatic rings. The van der Waals surface area contributed by atoms with E-state index in [0.717, 1.165) is 60.7 Å². The molecule has 0 saturated heterocycles. The number of nitrogens with zero attached hydrogens (tertiary/aromatic N) is 3. The molecule has 0 aliphatic heterocycles. The molecule has 1 saturated carbocycles. The number of hydrogen-bond acceptors (Lipinski definition) is 4. The van der Waals surface area contributed by atoms with Gasteiger partial charge in [0.05, 0.1) is 11.7 Å². The second-order valence-corrected chi connectivity index (χ2v) is 8.02. The molecule has 0 aromatic carbocycles. The van der Waals surface area contributed by atoms with E-state index in [4.69, 9.17) is 4.98 Å². The van der Waals surface area contributed by atoms with Gasteiger partial charge in [-0.15, -0.1) is 0 Å². The zero-order valence-electron chi connectivity index (χ0n) is 16.5. The third-order valence-corrected chi connectivity index (χ3v) is 5.75. The first-order chi connectivity index (χ1) is 13.1. The summed E-state index contributed by atoms with van der Waals surface area (Å²) in [6, 6.07) is 2.80. The van der Waals surface area contributed by atoms with E-state index in [1.165, 1.54) is 0 Å². The van der Waals surface area contributed by atoms with Crippen molar-refractivity contribution in [2.75, 3.05) is 6.54 Å². The molecule has 0 unspecified atom stereocenters. The Kier molecular flexibility index (Phi) is 5.00. The summed E-state index contributed by atoms with van der Waals surface area (Å²) in [6.45, 7) is 7.34. The van der Waals surface area contributed by atoms with E-state index in [-0.39, 0.29) is 17.5 Å². The summed E-state index contributed by atoms with van der Waals surface area (Å²) in [5.74, 6) is 0.0950. The molecule has 3 aromatic rings. The number of rotatable bonds is 5. The van der Waals surface area contributed by atoms with Crippen LogP contribution in [0.4, 0.5) is 0 Å². The van der Waals surface area contributed by atoms with Crippen LogP contribution in [0.1, 0.15) is 70.5 Å². The van der Waals surface area contributed by atoms with Gasteiger partial charge in [-0.25, -0.2) is 9.97 Å². The fraction of sp³-hybridized carbons (Fsp3) is 0.571. The summed E-state index contributed by atoms with van der Waals surface area (Å²) in [5, 5.41) is 4.62. The first-order valence-corrected chi connectivity index (χ1v) is 10.2. The van der Waals surface area contributed by atoms with Gasteiger partial charge in [0.2, 0.25) is 0 Å². The monoisotopic (exact) mass is 367 g/mol. The molecule has 4 rings (SSSR count). The largest absolute Gasteiger partial charge is 0.346 e. The van der Waals surface area contributed by atoms with Gasteiger partial charge in [-0.1, -0.05) is 20.8 Å². The second-order valence-electron chi connectivity index (χ2n) is 8.02. The molecule has 0 amide bonds. The number of hydrogen-bond donors (Lipinski definition) is 2. The van der Waals surface area contributed by atoms with E-state index in [2.05, 4.69) is 22.2 Å². The van der Waals surface area contributed by atoms with E-state index < -0.39 is 0 Å². The molecule has 3 aromatic heterocycles. The highest BCUT2D eigenvalue weighted by atomic mass is 16.1. The zero-order chi connectivity index (χ0) is 19.0. The third kappa shape index (κ3) is 3.27. The number of pyridine rings is 1. The van der Waals surface area contributed by atoms with Crippen molar-refractivity contribution < 1.29 is 0 Å². The van der Waals surface area contributed by atoms with Gasteiger partial charge in [0.1, 0.15) is 16.9 Å². The Bertz CT molecular complexity index is 995. The van der Waals surface area contributed by atoms with Crippen molar-refractivity contribution in [2.24, 2.45) is 0 Å². The number of aromatic amines is 1. The Labute approximate surface area is 159 Å². The van der Waals surface area contributed by atoms with E-state index in [0.29, 0.717) is 11.7 Å². The Morgan fingerprint density at radius 3 is 2.78 bits per heavy atom.